The lowest BCUT2D eigenvalue weighted by Gasteiger charge is -1.94. The minimum Gasteiger partial charge on any atom is -0.267 e. The van der Waals surface area contributed by atoms with E-state index >= 15 is 0 Å². The van der Waals surface area contributed by atoms with Crippen LogP contribution < -0.4 is 5.54 Å². The summed E-state index contributed by atoms with van der Waals surface area (Å²) in [7, 11) is 0. The zero-order valence-electron chi connectivity index (χ0n) is 5.47. The first-order chi connectivity index (χ1) is 5.24. The average molecular weight is 157 g/mol. The Morgan fingerprint density at radius 1 is 1.45 bits per heavy atom. The monoisotopic (exact) mass is 157 g/mol. The third-order valence-electron chi connectivity index (χ3n) is 1.17. The molecule has 0 heterocycles. The van der Waals surface area contributed by atoms with Crippen LogP contribution in [0.3, 0.4) is 0 Å². The number of nitrogens with one attached hydrogen (secondary N) is 1. The molecule has 0 aromatic heterocycles. The molecule has 0 aliphatic heterocycles. The fourth-order valence-electron chi connectivity index (χ4n) is 0.684. The molecule has 58 valence electrons. The van der Waals surface area contributed by atoms with Crippen molar-refractivity contribution in [1.29, 1.82) is 0 Å². The van der Waals surface area contributed by atoms with Gasteiger partial charge in [0.1, 0.15) is 5.82 Å². The van der Waals surface area contributed by atoms with E-state index in [0.29, 0.717) is 0 Å². The van der Waals surface area contributed by atoms with Crippen LogP contribution in [0.4, 0.5) is 8.87 Å². The van der Waals surface area contributed by atoms with Gasteiger partial charge >= 0.3 is 0 Å². The van der Waals surface area contributed by atoms with Crippen LogP contribution in [-0.4, -0.2) is 5.91 Å². The maximum Gasteiger partial charge on any atom is 0.279 e. The lowest BCUT2D eigenvalue weighted by molar-refractivity contribution is 0.0859. The first-order valence-corrected chi connectivity index (χ1v) is 2.90. The molecule has 1 rings (SSSR count). The van der Waals surface area contributed by atoms with Crippen molar-refractivity contribution in [3.63, 3.8) is 0 Å². The first-order valence-electron chi connectivity index (χ1n) is 2.90. The van der Waals surface area contributed by atoms with Crippen molar-refractivity contribution in [3.8, 4) is 0 Å². The summed E-state index contributed by atoms with van der Waals surface area (Å²) >= 11 is 0. The van der Waals surface area contributed by atoms with Gasteiger partial charge in [-0.1, -0.05) is 10.5 Å². The molecule has 0 aliphatic rings. The second-order valence-electron chi connectivity index (χ2n) is 1.93. The summed E-state index contributed by atoms with van der Waals surface area (Å²) in [6, 6.07) is 4.78. The molecule has 0 unspecified atom stereocenters. The van der Waals surface area contributed by atoms with Gasteiger partial charge in [0.15, 0.2) is 0 Å². The third-order valence-corrected chi connectivity index (χ3v) is 1.17. The number of carbonyl (C=O) groups excluding carboxylic acids is 1. The molecule has 0 aliphatic carbocycles. The molecule has 2 nitrogen and oxygen atoms in total. The SMILES string of the molecule is O=C(NF)c1cccc(F)c1. The Bertz CT molecular complexity index is 275. The van der Waals surface area contributed by atoms with Gasteiger partial charge in [-0.05, 0) is 18.2 Å². The summed E-state index contributed by atoms with van der Waals surface area (Å²) in [5, 5.41) is 0. The van der Waals surface area contributed by atoms with Crippen LogP contribution in [0.25, 0.3) is 0 Å². The Kier molecular flexibility index (Phi) is 2.15. The summed E-state index contributed by atoms with van der Waals surface area (Å²) in [4.78, 5) is 10.5. The summed E-state index contributed by atoms with van der Waals surface area (Å²) in [5.41, 5.74) is 0.868. The molecule has 1 N–H and O–H groups in total. The number of amides is 1. The second kappa shape index (κ2) is 3.09. The molecule has 0 radical (unpaired) electrons. The zero-order valence-corrected chi connectivity index (χ0v) is 5.47. The van der Waals surface area contributed by atoms with Crippen LogP contribution >= 0.6 is 0 Å². The molecule has 1 amide bonds. The number of benzene rings is 1. The summed E-state index contributed by atoms with van der Waals surface area (Å²) in [6.45, 7) is 0. The minimum atomic E-state index is -0.940. The Balaban J connectivity index is 2.96. The van der Waals surface area contributed by atoms with Crippen molar-refractivity contribution >= 4 is 5.91 Å². The van der Waals surface area contributed by atoms with Crippen molar-refractivity contribution in [2.45, 2.75) is 0 Å². The van der Waals surface area contributed by atoms with Gasteiger partial charge in [-0.25, -0.2) is 4.39 Å². The zero-order chi connectivity index (χ0) is 8.27. The van der Waals surface area contributed by atoms with Gasteiger partial charge in [-0.15, -0.1) is 0 Å². The van der Waals surface area contributed by atoms with E-state index < -0.39 is 11.7 Å². The predicted molar refractivity (Wildman–Crippen MR) is 35.0 cm³/mol. The minimum absolute atomic E-state index is 0.0347. The van der Waals surface area contributed by atoms with Crippen molar-refractivity contribution in [2.75, 3.05) is 0 Å². The molecule has 0 bridgehead atoms. The molecule has 0 spiro atoms. The third kappa shape index (κ3) is 1.73. The highest BCUT2D eigenvalue weighted by atomic mass is 19.2. The lowest BCUT2D eigenvalue weighted by atomic mass is 10.2. The van der Waals surface area contributed by atoms with Gasteiger partial charge in [0.2, 0.25) is 0 Å². The van der Waals surface area contributed by atoms with Gasteiger partial charge in [-0.3, -0.25) is 4.79 Å². The van der Waals surface area contributed by atoms with E-state index in [1.807, 2.05) is 0 Å². The number of halogens is 2. The van der Waals surface area contributed by atoms with Crippen LogP contribution in [0.1, 0.15) is 10.4 Å². The highest BCUT2D eigenvalue weighted by molar-refractivity contribution is 5.93. The number of hydrogen-bond acceptors (Lipinski definition) is 1. The fraction of sp³-hybridized carbons (Fsp3) is 0. The molecule has 1 aromatic rings. The van der Waals surface area contributed by atoms with Gasteiger partial charge in [0, 0.05) is 5.56 Å². The van der Waals surface area contributed by atoms with E-state index in [2.05, 4.69) is 0 Å². The van der Waals surface area contributed by atoms with Crippen LogP contribution in [0.2, 0.25) is 0 Å². The van der Waals surface area contributed by atoms with E-state index in [0.717, 1.165) is 11.6 Å². The summed E-state index contributed by atoms with van der Waals surface area (Å²) in [6.07, 6.45) is 0. The van der Waals surface area contributed by atoms with E-state index in [9.17, 15) is 13.7 Å². The molecular formula is C7H5F2NO. The first kappa shape index (κ1) is 7.65. The van der Waals surface area contributed by atoms with E-state index in [1.54, 1.807) is 0 Å². The fourth-order valence-corrected chi connectivity index (χ4v) is 0.684. The topological polar surface area (TPSA) is 29.1 Å². The van der Waals surface area contributed by atoms with Crippen molar-refractivity contribution in [3.05, 3.63) is 35.6 Å². The normalized spacial score (nSPS) is 9.27. The molecule has 0 saturated heterocycles. The highest BCUT2D eigenvalue weighted by Crippen LogP contribution is 2.02. The average Bonchev–Trinajstić information content (AvgIpc) is 2.03. The smallest absolute Gasteiger partial charge is 0.267 e. The van der Waals surface area contributed by atoms with Crippen molar-refractivity contribution in [2.24, 2.45) is 0 Å². The summed E-state index contributed by atoms with van der Waals surface area (Å²) in [5.74, 6) is -1.50. The predicted octanol–water partition coefficient (Wildman–Crippen LogP) is 1.44. The Morgan fingerprint density at radius 2 is 2.18 bits per heavy atom. The standard InChI is InChI=1S/C7H5F2NO/c8-6-3-1-2-5(4-6)7(11)10-9/h1-4H,(H,10,11). The highest BCUT2D eigenvalue weighted by Gasteiger charge is 2.03. The lowest BCUT2D eigenvalue weighted by Crippen LogP contribution is -2.13. The maximum absolute atomic E-state index is 12.4. The second-order valence-corrected chi connectivity index (χ2v) is 1.93. The van der Waals surface area contributed by atoms with E-state index in [4.69, 9.17) is 0 Å². The quantitative estimate of drug-likeness (QED) is 0.614. The molecular weight excluding hydrogens is 152 g/mol. The molecule has 11 heavy (non-hydrogen) atoms. The van der Waals surface area contributed by atoms with E-state index in [1.165, 1.54) is 18.2 Å². The van der Waals surface area contributed by atoms with Gasteiger partial charge in [-0.2, -0.15) is 5.54 Å². The van der Waals surface area contributed by atoms with Gasteiger partial charge < -0.3 is 0 Å². The number of rotatable bonds is 1. The molecule has 4 heteroatoms. The summed E-state index contributed by atoms with van der Waals surface area (Å²) < 4.78 is 23.8. The molecule has 0 fully saturated rings. The maximum atomic E-state index is 12.4. The number of hydrogen-bond donors (Lipinski definition) is 1. The van der Waals surface area contributed by atoms with Crippen molar-refractivity contribution < 1.29 is 13.7 Å². The molecule has 0 saturated carbocycles. The number of carbonyl (C=O) groups is 1. The van der Waals surface area contributed by atoms with Crippen LogP contribution in [0, 0.1) is 5.82 Å². The largest absolute Gasteiger partial charge is 0.279 e. The van der Waals surface area contributed by atoms with Gasteiger partial charge in [0.25, 0.3) is 5.91 Å². The Labute approximate surface area is 61.8 Å². The molecule has 0 atom stereocenters. The molecule has 1 aromatic carbocycles. The van der Waals surface area contributed by atoms with E-state index in [-0.39, 0.29) is 5.56 Å². The Hall–Kier alpha value is -1.45. The van der Waals surface area contributed by atoms with Crippen LogP contribution in [0.5, 0.6) is 0 Å². The Morgan fingerprint density at radius 3 is 2.73 bits per heavy atom. The van der Waals surface area contributed by atoms with Crippen LogP contribution in [0.15, 0.2) is 24.3 Å². The van der Waals surface area contributed by atoms with Crippen LogP contribution in [-0.2, 0) is 0 Å². The van der Waals surface area contributed by atoms with Gasteiger partial charge in [0.05, 0.1) is 0 Å². The van der Waals surface area contributed by atoms with Crippen molar-refractivity contribution in [1.82, 2.24) is 5.54 Å².